The number of carbonyl (C=O) groups excluding carboxylic acids is 1. The van der Waals surface area contributed by atoms with Crippen LogP contribution in [0, 0.1) is 0 Å². The summed E-state index contributed by atoms with van der Waals surface area (Å²) in [5.41, 5.74) is 6.49. The molecule has 3 aromatic heterocycles. The van der Waals surface area contributed by atoms with Gasteiger partial charge >= 0.3 is 0 Å². The van der Waals surface area contributed by atoms with Crippen LogP contribution in [0.25, 0.3) is 20.4 Å². The van der Waals surface area contributed by atoms with Crippen molar-refractivity contribution in [3.05, 3.63) is 59.0 Å². The summed E-state index contributed by atoms with van der Waals surface area (Å²) < 4.78 is 1.06. The topological polar surface area (TPSA) is 67.8 Å². The smallest absolute Gasteiger partial charge is 0.230 e. The molecule has 1 amide bonds. The maximum absolute atomic E-state index is 12.7. The predicted octanol–water partition coefficient (Wildman–Crippen LogP) is 6.30. The van der Waals surface area contributed by atoms with Crippen LogP contribution in [0.15, 0.2) is 41.7 Å². The molecule has 1 aliphatic carbocycles. The van der Waals surface area contributed by atoms with E-state index in [1.807, 2.05) is 6.07 Å². The number of amides is 1. The molecule has 35 heavy (non-hydrogen) atoms. The highest BCUT2D eigenvalue weighted by Crippen LogP contribution is 2.41. The molecular weight excluding hydrogens is 472 g/mol. The van der Waals surface area contributed by atoms with E-state index in [0.717, 1.165) is 58.6 Å². The summed E-state index contributed by atoms with van der Waals surface area (Å²) in [6.07, 6.45) is 10.4. The number of rotatable bonds is 9. The first kappa shape index (κ1) is 24.2. The maximum atomic E-state index is 12.7. The van der Waals surface area contributed by atoms with E-state index in [0.29, 0.717) is 5.75 Å². The van der Waals surface area contributed by atoms with Gasteiger partial charge in [-0.05, 0) is 68.6 Å². The van der Waals surface area contributed by atoms with Gasteiger partial charge in [-0.25, -0.2) is 15.0 Å². The number of aryl methyl sites for hydroxylation is 3. The molecule has 1 N–H and O–H groups in total. The zero-order valence-electron chi connectivity index (χ0n) is 20.5. The average Bonchev–Trinajstić information content (AvgIpc) is 3.26. The molecule has 0 fully saturated rings. The highest BCUT2D eigenvalue weighted by molar-refractivity contribution is 8.00. The molecule has 0 spiro atoms. The fraction of sp³-hybridized carbons (Fsp3) is 0.429. The SMILES string of the molecule is CCCc1nc2sc3c(SCC(=O)N[C@H](C)CCc4ccccc4)ncnc3c2c2c1CCCC2. The first-order valence-electron chi connectivity index (χ1n) is 12.7. The molecule has 182 valence electrons. The van der Waals surface area contributed by atoms with Gasteiger partial charge in [0, 0.05) is 17.1 Å². The summed E-state index contributed by atoms with van der Waals surface area (Å²) in [5.74, 6) is 0.395. The van der Waals surface area contributed by atoms with E-state index in [9.17, 15) is 4.79 Å². The Morgan fingerprint density at radius 1 is 1.11 bits per heavy atom. The van der Waals surface area contributed by atoms with Gasteiger partial charge in [0.2, 0.25) is 5.91 Å². The molecular formula is C28H32N4OS2. The van der Waals surface area contributed by atoms with Gasteiger partial charge in [-0.2, -0.15) is 0 Å². The van der Waals surface area contributed by atoms with Gasteiger partial charge < -0.3 is 5.32 Å². The number of nitrogens with zero attached hydrogens (tertiary/aromatic N) is 3. The molecule has 0 bridgehead atoms. The van der Waals surface area contributed by atoms with Crippen molar-refractivity contribution in [3.63, 3.8) is 0 Å². The van der Waals surface area contributed by atoms with E-state index in [4.69, 9.17) is 4.98 Å². The summed E-state index contributed by atoms with van der Waals surface area (Å²) in [6, 6.07) is 10.5. The average molecular weight is 505 g/mol. The molecule has 0 unspecified atom stereocenters. The Hall–Kier alpha value is -2.51. The Bertz CT molecular complexity index is 1340. The van der Waals surface area contributed by atoms with Crippen molar-refractivity contribution < 1.29 is 4.79 Å². The molecule has 1 aromatic carbocycles. The molecule has 0 saturated carbocycles. The van der Waals surface area contributed by atoms with Gasteiger partial charge in [0.05, 0.1) is 16.0 Å². The van der Waals surface area contributed by atoms with Crippen molar-refractivity contribution >= 4 is 49.4 Å². The number of hydrogen-bond donors (Lipinski definition) is 1. The van der Waals surface area contributed by atoms with Crippen molar-refractivity contribution in [2.45, 2.75) is 76.3 Å². The fourth-order valence-electron chi connectivity index (χ4n) is 5.01. The third-order valence-corrected chi connectivity index (χ3v) is 8.92. The van der Waals surface area contributed by atoms with E-state index < -0.39 is 0 Å². The van der Waals surface area contributed by atoms with Crippen LogP contribution in [0.5, 0.6) is 0 Å². The van der Waals surface area contributed by atoms with E-state index in [1.165, 1.54) is 52.4 Å². The summed E-state index contributed by atoms with van der Waals surface area (Å²) in [5, 5.41) is 5.25. The Morgan fingerprint density at radius 2 is 1.91 bits per heavy atom. The van der Waals surface area contributed by atoms with Crippen LogP contribution in [0.4, 0.5) is 0 Å². The van der Waals surface area contributed by atoms with Gasteiger partial charge in [-0.15, -0.1) is 11.3 Å². The van der Waals surface area contributed by atoms with Crippen LogP contribution in [0.3, 0.4) is 0 Å². The second-order valence-corrected chi connectivity index (χ2v) is 11.4. The van der Waals surface area contributed by atoms with Crippen molar-refractivity contribution in [3.8, 4) is 0 Å². The quantitative estimate of drug-likeness (QED) is 0.214. The van der Waals surface area contributed by atoms with E-state index >= 15 is 0 Å². The van der Waals surface area contributed by atoms with E-state index in [1.54, 1.807) is 17.7 Å². The highest BCUT2D eigenvalue weighted by atomic mass is 32.2. The maximum Gasteiger partial charge on any atom is 0.230 e. The Labute approximate surface area is 215 Å². The number of hydrogen-bond acceptors (Lipinski definition) is 6. The number of nitrogens with one attached hydrogen (secondary N) is 1. The number of benzene rings is 1. The minimum atomic E-state index is 0.0455. The lowest BCUT2D eigenvalue weighted by atomic mass is 9.88. The number of thioether (sulfide) groups is 1. The molecule has 7 heteroatoms. The molecule has 5 rings (SSSR count). The van der Waals surface area contributed by atoms with Crippen molar-refractivity contribution in [1.29, 1.82) is 0 Å². The van der Waals surface area contributed by atoms with Crippen molar-refractivity contribution in [1.82, 2.24) is 20.3 Å². The van der Waals surface area contributed by atoms with Crippen LogP contribution in [-0.4, -0.2) is 32.7 Å². The van der Waals surface area contributed by atoms with Crippen LogP contribution < -0.4 is 5.32 Å². The predicted molar refractivity (Wildman–Crippen MR) is 146 cm³/mol. The minimum absolute atomic E-state index is 0.0455. The normalized spacial score (nSPS) is 14.2. The third kappa shape index (κ3) is 5.36. The van der Waals surface area contributed by atoms with Crippen LogP contribution >= 0.6 is 23.1 Å². The summed E-state index contributed by atoms with van der Waals surface area (Å²) in [4.78, 5) is 28.1. The first-order valence-corrected chi connectivity index (χ1v) is 14.5. The Morgan fingerprint density at radius 3 is 2.71 bits per heavy atom. The molecule has 0 radical (unpaired) electrons. The lowest BCUT2D eigenvalue weighted by Gasteiger charge is -2.19. The minimum Gasteiger partial charge on any atom is -0.353 e. The number of pyridine rings is 1. The van der Waals surface area contributed by atoms with Crippen LogP contribution in [-0.2, 0) is 30.5 Å². The van der Waals surface area contributed by atoms with Crippen LogP contribution in [0.2, 0.25) is 0 Å². The second-order valence-electron chi connectivity index (χ2n) is 9.39. The number of fused-ring (bicyclic) bond motifs is 5. The Kier molecular flexibility index (Phi) is 7.63. The highest BCUT2D eigenvalue weighted by Gasteiger charge is 2.23. The van der Waals surface area contributed by atoms with E-state index in [-0.39, 0.29) is 11.9 Å². The summed E-state index contributed by atoms with van der Waals surface area (Å²) in [7, 11) is 0. The fourth-order valence-corrected chi connectivity index (χ4v) is 7.08. The molecule has 0 aliphatic heterocycles. The largest absolute Gasteiger partial charge is 0.353 e. The van der Waals surface area contributed by atoms with Gasteiger partial charge in [0.1, 0.15) is 16.2 Å². The van der Waals surface area contributed by atoms with Gasteiger partial charge in [0.15, 0.2) is 0 Å². The van der Waals surface area contributed by atoms with Gasteiger partial charge in [0.25, 0.3) is 0 Å². The molecule has 1 aliphatic rings. The molecule has 0 saturated heterocycles. The number of thiophene rings is 1. The summed E-state index contributed by atoms with van der Waals surface area (Å²) >= 11 is 3.18. The second kappa shape index (κ2) is 11.0. The monoisotopic (exact) mass is 504 g/mol. The van der Waals surface area contributed by atoms with Crippen molar-refractivity contribution in [2.75, 3.05) is 5.75 Å². The van der Waals surface area contributed by atoms with Crippen molar-refractivity contribution in [2.24, 2.45) is 0 Å². The zero-order valence-corrected chi connectivity index (χ0v) is 22.1. The zero-order chi connectivity index (χ0) is 24.2. The third-order valence-electron chi connectivity index (χ3n) is 6.72. The molecule has 3 heterocycles. The summed E-state index contributed by atoms with van der Waals surface area (Å²) in [6.45, 7) is 4.29. The van der Waals surface area contributed by atoms with Crippen LogP contribution in [0.1, 0.15) is 61.9 Å². The first-order chi connectivity index (χ1) is 17.1. The number of carbonyl (C=O) groups is 1. The lowest BCUT2D eigenvalue weighted by Crippen LogP contribution is -2.34. The molecule has 5 nitrogen and oxygen atoms in total. The molecule has 1 atom stereocenters. The van der Waals surface area contributed by atoms with E-state index in [2.05, 4.69) is 53.4 Å². The number of aromatic nitrogens is 3. The van der Waals surface area contributed by atoms with Gasteiger partial charge in [-0.3, -0.25) is 4.79 Å². The standard InChI is InChI=1S/C28H32N4OS2/c1-3-9-22-20-12-7-8-13-21(20)24-25-26(35-27(24)32-22)28(30-17-29-25)34-16-23(33)31-18(2)14-15-19-10-5-4-6-11-19/h4-6,10-11,17-18H,3,7-9,12-16H2,1-2H3,(H,31,33)/t18-/m1/s1. The Balaban J connectivity index is 1.31. The molecule has 4 aromatic rings. The lowest BCUT2D eigenvalue weighted by molar-refractivity contribution is -0.119. The van der Waals surface area contributed by atoms with Gasteiger partial charge in [-0.1, -0.05) is 55.4 Å².